The van der Waals surface area contributed by atoms with Gasteiger partial charge in [0.15, 0.2) is 0 Å². The zero-order valence-electron chi connectivity index (χ0n) is 15.5. The number of rotatable bonds is 5. The lowest BCUT2D eigenvalue weighted by molar-refractivity contribution is 0.0600. The van der Waals surface area contributed by atoms with Gasteiger partial charge in [0.2, 0.25) is 5.95 Å². The van der Waals surface area contributed by atoms with Crippen molar-refractivity contribution in [3.05, 3.63) is 47.8 Å². The lowest BCUT2D eigenvalue weighted by Gasteiger charge is -2.33. The van der Waals surface area contributed by atoms with Gasteiger partial charge in [-0.3, -0.25) is 4.79 Å². The molecule has 0 spiro atoms. The molecular formula is C19H23N5O3. The molecule has 1 aromatic heterocycles. The van der Waals surface area contributed by atoms with Gasteiger partial charge in [0.25, 0.3) is 5.91 Å². The molecule has 1 amide bonds. The molecule has 142 valence electrons. The topological polar surface area (TPSA) is 87.7 Å². The third-order valence-electron chi connectivity index (χ3n) is 4.54. The summed E-state index contributed by atoms with van der Waals surface area (Å²) in [6.45, 7) is 6.92. The second kappa shape index (κ2) is 8.59. The highest BCUT2D eigenvalue weighted by Crippen LogP contribution is 2.14. The first-order valence-corrected chi connectivity index (χ1v) is 8.89. The molecule has 27 heavy (non-hydrogen) atoms. The smallest absolute Gasteiger partial charge is 0.337 e. The minimum absolute atomic E-state index is 0.334. The quantitative estimate of drug-likeness (QED) is 0.802. The molecule has 1 saturated heterocycles. The SMILES string of the molecule is CCN1CCN(c2ncc(C(=O)Nc3cccc(C(=O)OC)c3)cn2)CC1. The number of ether oxygens (including phenoxy) is 1. The van der Waals surface area contributed by atoms with Crippen LogP contribution in [0, 0.1) is 0 Å². The van der Waals surface area contributed by atoms with Gasteiger partial charge in [-0.25, -0.2) is 14.8 Å². The van der Waals surface area contributed by atoms with Crippen LogP contribution in [0.2, 0.25) is 0 Å². The lowest BCUT2D eigenvalue weighted by atomic mass is 10.2. The molecule has 2 aromatic rings. The highest BCUT2D eigenvalue weighted by atomic mass is 16.5. The molecule has 2 heterocycles. The van der Waals surface area contributed by atoms with E-state index in [1.165, 1.54) is 19.5 Å². The maximum Gasteiger partial charge on any atom is 0.337 e. The Balaban J connectivity index is 1.63. The van der Waals surface area contributed by atoms with Gasteiger partial charge >= 0.3 is 5.97 Å². The first kappa shape index (κ1) is 18.8. The largest absolute Gasteiger partial charge is 0.465 e. The van der Waals surface area contributed by atoms with Gasteiger partial charge in [0, 0.05) is 44.3 Å². The van der Waals surface area contributed by atoms with Gasteiger partial charge in [-0.1, -0.05) is 13.0 Å². The van der Waals surface area contributed by atoms with Crippen molar-refractivity contribution in [3.63, 3.8) is 0 Å². The van der Waals surface area contributed by atoms with Crippen LogP contribution >= 0.6 is 0 Å². The van der Waals surface area contributed by atoms with Gasteiger partial charge in [-0.05, 0) is 24.7 Å². The van der Waals surface area contributed by atoms with E-state index in [1.54, 1.807) is 24.3 Å². The van der Waals surface area contributed by atoms with Gasteiger partial charge in [-0.15, -0.1) is 0 Å². The Morgan fingerprint density at radius 1 is 1.11 bits per heavy atom. The summed E-state index contributed by atoms with van der Waals surface area (Å²) in [4.78, 5) is 37.2. The number of esters is 1. The number of likely N-dealkylation sites (N-methyl/N-ethyl adjacent to an activating group) is 1. The summed E-state index contributed by atoms with van der Waals surface area (Å²) in [7, 11) is 1.31. The fourth-order valence-corrected chi connectivity index (χ4v) is 2.91. The molecule has 0 atom stereocenters. The Labute approximate surface area is 158 Å². The third kappa shape index (κ3) is 4.59. The number of hydrogen-bond acceptors (Lipinski definition) is 7. The number of nitrogens with zero attached hydrogens (tertiary/aromatic N) is 4. The number of piperazine rings is 1. The Morgan fingerprint density at radius 2 is 1.81 bits per heavy atom. The molecule has 0 bridgehead atoms. The molecule has 1 aromatic carbocycles. The van der Waals surface area contributed by atoms with Crippen LogP contribution < -0.4 is 10.2 Å². The predicted molar refractivity (Wildman–Crippen MR) is 102 cm³/mol. The van der Waals surface area contributed by atoms with E-state index in [1.807, 2.05) is 0 Å². The molecule has 0 unspecified atom stereocenters. The van der Waals surface area contributed by atoms with Crippen molar-refractivity contribution >= 4 is 23.5 Å². The van der Waals surface area contributed by atoms with Crippen LogP contribution in [0.25, 0.3) is 0 Å². The van der Waals surface area contributed by atoms with Crippen molar-refractivity contribution in [3.8, 4) is 0 Å². The monoisotopic (exact) mass is 369 g/mol. The molecule has 0 radical (unpaired) electrons. The first-order valence-electron chi connectivity index (χ1n) is 8.89. The molecule has 8 nitrogen and oxygen atoms in total. The summed E-state index contributed by atoms with van der Waals surface area (Å²) in [6.07, 6.45) is 3.04. The van der Waals surface area contributed by atoms with Crippen molar-refractivity contribution in [2.24, 2.45) is 0 Å². The Hall–Kier alpha value is -3.00. The summed E-state index contributed by atoms with van der Waals surface area (Å²) in [5.41, 5.74) is 1.23. The van der Waals surface area contributed by atoms with Crippen LogP contribution in [0.15, 0.2) is 36.7 Å². The zero-order valence-corrected chi connectivity index (χ0v) is 15.5. The second-order valence-corrected chi connectivity index (χ2v) is 6.22. The molecule has 1 N–H and O–H groups in total. The minimum Gasteiger partial charge on any atom is -0.465 e. The van der Waals surface area contributed by atoms with E-state index in [0.717, 1.165) is 32.7 Å². The van der Waals surface area contributed by atoms with Gasteiger partial charge < -0.3 is 19.9 Å². The van der Waals surface area contributed by atoms with Crippen molar-refractivity contribution < 1.29 is 14.3 Å². The van der Waals surface area contributed by atoms with Crippen LogP contribution in [0.1, 0.15) is 27.6 Å². The average molecular weight is 369 g/mol. The van der Waals surface area contributed by atoms with Gasteiger partial charge in [0.1, 0.15) is 0 Å². The number of methoxy groups -OCH3 is 1. The number of benzene rings is 1. The number of anilines is 2. The Kier molecular flexibility index (Phi) is 5.97. The highest BCUT2D eigenvalue weighted by Gasteiger charge is 2.18. The van der Waals surface area contributed by atoms with Gasteiger partial charge in [-0.2, -0.15) is 0 Å². The summed E-state index contributed by atoms with van der Waals surface area (Å²) in [6, 6.07) is 6.56. The van der Waals surface area contributed by atoms with Crippen LogP contribution in [0.5, 0.6) is 0 Å². The van der Waals surface area contributed by atoms with E-state index in [-0.39, 0.29) is 5.91 Å². The molecule has 1 aliphatic rings. The van der Waals surface area contributed by atoms with Gasteiger partial charge in [0.05, 0.1) is 18.2 Å². The molecule has 1 aliphatic heterocycles. The Bertz CT molecular complexity index is 801. The number of carbonyl (C=O) groups excluding carboxylic acids is 2. The standard InChI is InChI=1S/C19H23N5O3/c1-3-23-7-9-24(10-8-23)19-20-12-15(13-21-19)17(25)22-16-6-4-5-14(11-16)18(26)27-2/h4-6,11-13H,3,7-10H2,1-2H3,(H,22,25). The van der Waals surface area contributed by atoms with E-state index in [0.29, 0.717) is 22.8 Å². The molecule has 0 saturated carbocycles. The normalized spacial score (nSPS) is 14.7. The maximum atomic E-state index is 12.4. The summed E-state index contributed by atoms with van der Waals surface area (Å²) in [5.74, 6) is -0.156. The number of hydrogen-bond donors (Lipinski definition) is 1. The van der Waals surface area contributed by atoms with Crippen LogP contribution in [0.4, 0.5) is 11.6 Å². The van der Waals surface area contributed by atoms with Crippen molar-refractivity contribution in [2.45, 2.75) is 6.92 Å². The lowest BCUT2D eigenvalue weighted by Crippen LogP contribution is -2.46. The van der Waals surface area contributed by atoms with E-state index in [9.17, 15) is 9.59 Å². The Morgan fingerprint density at radius 3 is 2.44 bits per heavy atom. The molecule has 1 fully saturated rings. The third-order valence-corrected chi connectivity index (χ3v) is 4.54. The summed E-state index contributed by atoms with van der Waals surface area (Å²) >= 11 is 0. The first-order chi connectivity index (χ1) is 13.1. The van der Waals surface area contributed by atoms with E-state index in [2.05, 4.69) is 36.7 Å². The fourth-order valence-electron chi connectivity index (χ4n) is 2.91. The highest BCUT2D eigenvalue weighted by molar-refractivity contribution is 6.04. The van der Waals surface area contributed by atoms with Crippen molar-refractivity contribution in [1.82, 2.24) is 14.9 Å². The number of nitrogens with one attached hydrogen (secondary N) is 1. The molecular weight excluding hydrogens is 346 g/mol. The number of carbonyl (C=O) groups is 2. The molecule has 3 rings (SSSR count). The van der Waals surface area contributed by atoms with Crippen LogP contribution in [0.3, 0.4) is 0 Å². The van der Waals surface area contributed by atoms with E-state index >= 15 is 0 Å². The average Bonchev–Trinajstić information content (AvgIpc) is 2.73. The van der Waals surface area contributed by atoms with Crippen molar-refractivity contribution in [1.29, 1.82) is 0 Å². The minimum atomic E-state index is -0.457. The summed E-state index contributed by atoms with van der Waals surface area (Å²) < 4.78 is 4.69. The fraction of sp³-hybridized carbons (Fsp3) is 0.368. The van der Waals surface area contributed by atoms with Crippen LogP contribution in [-0.4, -0.2) is 66.6 Å². The van der Waals surface area contributed by atoms with Crippen LogP contribution in [-0.2, 0) is 4.74 Å². The number of aromatic nitrogens is 2. The summed E-state index contributed by atoms with van der Waals surface area (Å²) in [5, 5.41) is 2.74. The van der Waals surface area contributed by atoms with E-state index in [4.69, 9.17) is 0 Å². The second-order valence-electron chi connectivity index (χ2n) is 6.22. The van der Waals surface area contributed by atoms with Crippen molar-refractivity contribution in [2.75, 3.05) is 50.1 Å². The zero-order chi connectivity index (χ0) is 19.2. The number of amides is 1. The molecule has 8 heteroatoms. The predicted octanol–water partition coefficient (Wildman–Crippen LogP) is 1.66. The maximum absolute atomic E-state index is 12.4. The van der Waals surface area contributed by atoms with E-state index < -0.39 is 5.97 Å². The molecule has 0 aliphatic carbocycles.